The highest BCUT2D eigenvalue weighted by Crippen LogP contribution is 2.43. The van der Waals surface area contributed by atoms with Crippen molar-refractivity contribution >= 4 is 65.4 Å². The van der Waals surface area contributed by atoms with Gasteiger partial charge in [-0.2, -0.15) is 0 Å². The van der Waals surface area contributed by atoms with Gasteiger partial charge in [-0.15, -0.1) is 0 Å². The minimum Gasteiger partial charge on any atom is -0.309 e. The lowest BCUT2D eigenvalue weighted by Crippen LogP contribution is -2.05. The van der Waals surface area contributed by atoms with Crippen LogP contribution in [0, 0.1) is 11.6 Å². The topological polar surface area (TPSA) is 53.5 Å². The number of benzene rings is 10. The molecule has 0 amide bonds. The molecule has 0 atom stereocenters. The second-order valence-corrected chi connectivity index (χ2v) is 17.8. The molecule has 0 spiro atoms. The lowest BCUT2D eigenvalue weighted by Gasteiger charge is -2.18. The normalized spacial score (nSPS) is 11.8. The standard InChI is InChI=1S/C63H38F2N6/c64-51-24-15-25-52(65)60(51)41-30-33-50(63-67-61(39-16-3-1-4-17-39)66-62(68-63)40-18-5-2-6-19-40)57(36-41)71-58-37-42(69-53-26-11-7-20-44(53)45-21-8-12-27-54(45)69)31-34-48(58)49-35-32-43(38-59(49)71)70-55-28-13-9-22-46(55)47-23-10-14-29-56(47)70/h1-38H. The third-order valence-electron chi connectivity index (χ3n) is 13.8. The summed E-state index contributed by atoms with van der Waals surface area (Å²) in [6, 6.07) is 76.4. The van der Waals surface area contributed by atoms with Crippen molar-refractivity contribution in [1.29, 1.82) is 0 Å². The van der Waals surface area contributed by atoms with Gasteiger partial charge in [-0.05, 0) is 78.4 Å². The van der Waals surface area contributed by atoms with Crippen LogP contribution in [0.4, 0.5) is 8.78 Å². The van der Waals surface area contributed by atoms with Crippen molar-refractivity contribution in [3.63, 3.8) is 0 Å². The van der Waals surface area contributed by atoms with E-state index in [0.717, 1.165) is 87.9 Å². The second kappa shape index (κ2) is 16.0. The van der Waals surface area contributed by atoms with Crippen molar-refractivity contribution in [2.75, 3.05) is 0 Å². The molecule has 0 aliphatic rings. The third-order valence-corrected chi connectivity index (χ3v) is 13.8. The molecule has 4 heterocycles. The molecule has 0 aliphatic carbocycles. The predicted octanol–water partition coefficient (Wildman–Crippen LogP) is 16.1. The van der Waals surface area contributed by atoms with Crippen LogP contribution in [0.3, 0.4) is 0 Å². The van der Waals surface area contributed by atoms with E-state index in [2.05, 4.69) is 147 Å². The molecule has 0 N–H and O–H groups in total. The van der Waals surface area contributed by atoms with Gasteiger partial charge in [-0.25, -0.2) is 23.7 Å². The van der Waals surface area contributed by atoms with E-state index in [-0.39, 0.29) is 5.56 Å². The van der Waals surface area contributed by atoms with Crippen LogP contribution in [0.1, 0.15) is 0 Å². The van der Waals surface area contributed by atoms with Crippen LogP contribution in [-0.4, -0.2) is 28.7 Å². The summed E-state index contributed by atoms with van der Waals surface area (Å²) in [5.74, 6) is 0.0703. The van der Waals surface area contributed by atoms with Crippen molar-refractivity contribution in [3.05, 3.63) is 242 Å². The van der Waals surface area contributed by atoms with E-state index in [1.54, 1.807) is 6.07 Å². The highest BCUT2D eigenvalue weighted by atomic mass is 19.1. The third kappa shape index (κ3) is 6.42. The molecule has 6 nitrogen and oxygen atoms in total. The maximum absolute atomic E-state index is 16.1. The number of para-hydroxylation sites is 4. The summed E-state index contributed by atoms with van der Waals surface area (Å²) >= 11 is 0. The highest BCUT2D eigenvalue weighted by molar-refractivity contribution is 6.14. The highest BCUT2D eigenvalue weighted by Gasteiger charge is 2.24. The number of aromatic nitrogens is 6. The summed E-state index contributed by atoms with van der Waals surface area (Å²) in [4.78, 5) is 15.5. The minimum absolute atomic E-state index is 0.122. The fourth-order valence-corrected chi connectivity index (χ4v) is 10.7. The first-order valence-electron chi connectivity index (χ1n) is 23.6. The minimum atomic E-state index is -0.661. The largest absolute Gasteiger partial charge is 0.309 e. The molecule has 71 heavy (non-hydrogen) atoms. The first kappa shape index (κ1) is 40.5. The van der Waals surface area contributed by atoms with Crippen LogP contribution < -0.4 is 0 Å². The second-order valence-electron chi connectivity index (χ2n) is 17.8. The van der Waals surface area contributed by atoms with Gasteiger partial charge >= 0.3 is 0 Å². The molecule has 334 valence electrons. The van der Waals surface area contributed by atoms with Crippen molar-refractivity contribution in [2.45, 2.75) is 0 Å². The Balaban J connectivity index is 1.12. The number of hydrogen-bond donors (Lipinski definition) is 0. The summed E-state index contributed by atoms with van der Waals surface area (Å²) in [6.07, 6.45) is 0. The number of fused-ring (bicyclic) bond motifs is 9. The fraction of sp³-hybridized carbons (Fsp3) is 0. The van der Waals surface area contributed by atoms with Gasteiger partial charge in [-0.3, -0.25) is 0 Å². The molecule has 4 aromatic heterocycles. The Morgan fingerprint density at radius 3 is 1.13 bits per heavy atom. The van der Waals surface area contributed by atoms with E-state index in [9.17, 15) is 0 Å². The zero-order valence-electron chi connectivity index (χ0n) is 37.9. The number of rotatable bonds is 7. The van der Waals surface area contributed by atoms with Gasteiger partial charge in [0.1, 0.15) is 11.6 Å². The Labute approximate surface area is 405 Å². The van der Waals surface area contributed by atoms with E-state index in [1.165, 1.54) is 18.2 Å². The van der Waals surface area contributed by atoms with Crippen molar-refractivity contribution < 1.29 is 8.78 Å². The summed E-state index contributed by atoms with van der Waals surface area (Å²) in [6.45, 7) is 0. The zero-order chi connectivity index (χ0) is 47.2. The molecule has 0 saturated carbocycles. The summed E-state index contributed by atoms with van der Waals surface area (Å²) in [5, 5.41) is 6.61. The molecular weight excluding hydrogens is 879 g/mol. The lowest BCUT2D eigenvalue weighted by atomic mass is 10.00. The molecule has 0 saturated heterocycles. The molecular formula is C63H38F2N6. The first-order valence-corrected chi connectivity index (χ1v) is 23.6. The van der Waals surface area contributed by atoms with Gasteiger partial charge in [0.2, 0.25) is 0 Å². The SMILES string of the molecule is Fc1cccc(F)c1-c1ccc(-c2nc(-c3ccccc3)nc(-c3ccccc3)n2)c(-n2c3cc(-n4c5ccccc5c5ccccc54)ccc3c3ccc(-n4c5ccccc5c5ccccc54)cc32)c1. The number of halogens is 2. The van der Waals surface area contributed by atoms with Crippen LogP contribution >= 0.6 is 0 Å². The quantitative estimate of drug-likeness (QED) is 0.160. The van der Waals surface area contributed by atoms with Gasteiger partial charge in [-0.1, -0.05) is 158 Å². The van der Waals surface area contributed by atoms with Gasteiger partial charge < -0.3 is 13.7 Å². The van der Waals surface area contributed by atoms with Gasteiger partial charge in [0.15, 0.2) is 17.5 Å². The average molecular weight is 917 g/mol. The summed E-state index contributed by atoms with van der Waals surface area (Å²) in [5.41, 5.74) is 11.2. The van der Waals surface area contributed by atoms with Crippen LogP contribution in [-0.2, 0) is 0 Å². The molecule has 10 aromatic carbocycles. The van der Waals surface area contributed by atoms with Crippen molar-refractivity contribution in [1.82, 2.24) is 28.7 Å². The Kier molecular flexibility index (Phi) is 9.16. The Morgan fingerprint density at radius 1 is 0.282 bits per heavy atom. The smallest absolute Gasteiger partial charge is 0.166 e. The Hall–Kier alpha value is -9.53. The molecule has 14 aromatic rings. The molecule has 0 unspecified atom stereocenters. The maximum Gasteiger partial charge on any atom is 0.166 e. The molecule has 0 radical (unpaired) electrons. The fourth-order valence-electron chi connectivity index (χ4n) is 10.7. The zero-order valence-corrected chi connectivity index (χ0v) is 37.9. The van der Waals surface area contributed by atoms with E-state index in [4.69, 9.17) is 15.0 Å². The molecule has 0 aliphatic heterocycles. The van der Waals surface area contributed by atoms with Crippen LogP contribution in [0.15, 0.2) is 231 Å². The lowest BCUT2D eigenvalue weighted by molar-refractivity contribution is 0.589. The Bertz CT molecular complexity index is 4080. The van der Waals surface area contributed by atoms with Gasteiger partial charge in [0, 0.05) is 60.4 Å². The van der Waals surface area contributed by atoms with E-state index >= 15 is 8.78 Å². The van der Waals surface area contributed by atoms with Gasteiger partial charge in [0.05, 0.1) is 44.4 Å². The summed E-state index contributed by atoms with van der Waals surface area (Å²) < 4.78 is 39.0. The van der Waals surface area contributed by atoms with E-state index < -0.39 is 11.6 Å². The number of hydrogen-bond acceptors (Lipinski definition) is 3. The van der Waals surface area contributed by atoms with Crippen molar-refractivity contribution in [2.24, 2.45) is 0 Å². The molecule has 0 bridgehead atoms. The van der Waals surface area contributed by atoms with Crippen molar-refractivity contribution in [3.8, 4) is 62.4 Å². The van der Waals surface area contributed by atoms with Crippen LogP contribution in [0.25, 0.3) is 128 Å². The van der Waals surface area contributed by atoms with E-state index in [0.29, 0.717) is 34.3 Å². The van der Waals surface area contributed by atoms with E-state index in [1.807, 2.05) is 72.8 Å². The monoisotopic (exact) mass is 916 g/mol. The molecule has 14 rings (SSSR count). The van der Waals surface area contributed by atoms with Gasteiger partial charge in [0.25, 0.3) is 0 Å². The number of nitrogens with zero attached hydrogens (tertiary/aromatic N) is 6. The summed E-state index contributed by atoms with van der Waals surface area (Å²) in [7, 11) is 0. The van der Waals surface area contributed by atoms with Crippen LogP contribution in [0.2, 0.25) is 0 Å². The predicted molar refractivity (Wildman–Crippen MR) is 285 cm³/mol. The first-order chi connectivity index (χ1) is 35.1. The molecule has 8 heteroatoms. The average Bonchev–Trinajstić information content (AvgIpc) is 4.06. The van der Waals surface area contributed by atoms with Crippen LogP contribution in [0.5, 0.6) is 0 Å². The molecule has 0 fully saturated rings. The Morgan fingerprint density at radius 2 is 0.676 bits per heavy atom. The maximum atomic E-state index is 16.1.